The minimum absolute atomic E-state index is 0.231. The van der Waals surface area contributed by atoms with Gasteiger partial charge in [0, 0.05) is 7.11 Å². The van der Waals surface area contributed by atoms with Gasteiger partial charge < -0.3 is 15.2 Å². The average molecular weight is 203 g/mol. The number of carbonyl (C=O) groups excluding carboxylic acids is 1. The molecule has 0 aliphatic carbocycles. The standard InChI is InChI=1S/C10H21NO3/c1-7(2)5-9(11)10(12)14-8(3)6-13-4/h7-9H,5-6,11H2,1-4H3/t8?,9-/m1/s1. The van der Waals surface area contributed by atoms with Crippen molar-refractivity contribution in [3.05, 3.63) is 0 Å². The van der Waals surface area contributed by atoms with E-state index < -0.39 is 6.04 Å². The van der Waals surface area contributed by atoms with Crippen LogP contribution in [0.1, 0.15) is 27.2 Å². The van der Waals surface area contributed by atoms with Crippen LogP contribution < -0.4 is 5.73 Å². The van der Waals surface area contributed by atoms with Gasteiger partial charge in [-0.1, -0.05) is 13.8 Å². The third-order valence-corrected chi connectivity index (χ3v) is 1.75. The molecule has 0 bridgehead atoms. The second-order valence-corrected chi connectivity index (χ2v) is 3.94. The molecule has 0 radical (unpaired) electrons. The van der Waals surface area contributed by atoms with Crippen LogP contribution in [0.25, 0.3) is 0 Å². The highest BCUT2D eigenvalue weighted by Gasteiger charge is 2.18. The van der Waals surface area contributed by atoms with Crippen molar-refractivity contribution in [3.8, 4) is 0 Å². The number of rotatable bonds is 6. The van der Waals surface area contributed by atoms with Crippen molar-refractivity contribution in [2.75, 3.05) is 13.7 Å². The lowest BCUT2D eigenvalue weighted by molar-refractivity contribution is -0.152. The Morgan fingerprint density at radius 3 is 2.36 bits per heavy atom. The van der Waals surface area contributed by atoms with E-state index in [-0.39, 0.29) is 12.1 Å². The van der Waals surface area contributed by atoms with Gasteiger partial charge in [-0.3, -0.25) is 4.79 Å². The number of nitrogens with two attached hydrogens (primary N) is 1. The summed E-state index contributed by atoms with van der Waals surface area (Å²) < 4.78 is 9.91. The molecular weight excluding hydrogens is 182 g/mol. The molecule has 1 unspecified atom stereocenters. The van der Waals surface area contributed by atoms with Crippen LogP contribution in [0.2, 0.25) is 0 Å². The molecule has 0 aromatic rings. The molecule has 0 rings (SSSR count). The number of esters is 1. The summed E-state index contributed by atoms with van der Waals surface area (Å²) in [5, 5.41) is 0. The van der Waals surface area contributed by atoms with Gasteiger partial charge in [-0.25, -0.2) is 0 Å². The van der Waals surface area contributed by atoms with Gasteiger partial charge in [0.15, 0.2) is 0 Å². The molecule has 84 valence electrons. The third-order valence-electron chi connectivity index (χ3n) is 1.75. The minimum Gasteiger partial charge on any atom is -0.459 e. The monoisotopic (exact) mass is 203 g/mol. The molecular formula is C10H21NO3. The van der Waals surface area contributed by atoms with E-state index in [4.69, 9.17) is 15.2 Å². The Morgan fingerprint density at radius 2 is 1.93 bits per heavy atom. The smallest absolute Gasteiger partial charge is 0.323 e. The van der Waals surface area contributed by atoms with Crippen molar-refractivity contribution >= 4 is 5.97 Å². The van der Waals surface area contributed by atoms with E-state index in [2.05, 4.69) is 0 Å². The van der Waals surface area contributed by atoms with E-state index in [1.54, 1.807) is 14.0 Å². The number of methoxy groups -OCH3 is 1. The zero-order valence-corrected chi connectivity index (χ0v) is 9.45. The topological polar surface area (TPSA) is 61.5 Å². The molecule has 14 heavy (non-hydrogen) atoms. The largest absolute Gasteiger partial charge is 0.459 e. The molecule has 0 aliphatic heterocycles. The van der Waals surface area contributed by atoms with Crippen LogP contribution in [0.3, 0.4) is 0 Å². The van der Waals surface area contributed by atoms with Gasteiger partial charge in [-0.15, -0.1) is 0 Å². The van der Waals surface area contributed by atoms with Gasteiger partial charge in [-0.05, 0) is 19.3 Å². The summed E-state index contributed by atoms with van der Waals surface area (Å²) >= 11 is 0. The van der Waals surface area contributed by atoms with Crippen LogP contribution in [-0.4, -0.2) is 31.8 Å². The fourth-order valence-electron chi connectivity index (χ4n) is 1.16. The molecule has 0 fully saturated rings. The maximum Gasteiger partial charge on any atom is 0.323 e. The lowest BCUT2D eigenvalue weighted by Crippen LogP contribution is -2.36. The fourth-order valence-corrected chi connectivity index (χ4v) is 1.16. The van der Waals surface area contributed by atoms with Crippen molar-refractivity contribution in [2.45, 2.75) is 39.3 Å². The summed E-state index contributed by atoms with van der Waals surface area (Å²) in [7, 11) is 1.57. The van der Waals surface area contributed by atoms with Gasteiger partial charge in [-0.2, -0.15) is 0 Å². The first kappa shape index (κ1) is 13.4. The molecule has 4 nitrogen and oxygen atoms in total. The summed E-state index contributed by atoms with van der Waals surface area (Å²) in [4.78, 5) is 11.4. The highest BCUT2D eigenvalue weighted by Crippen LogP contribution is 2.05. The number of hydrogen-bond acceptors (Lipinski definition) is 4. The maximum absolute atomic E-state index is 11.4. The van der Waals surface area contributed by atoms with E-state index in [0.29, 0.717) is 18.9 Å². The van der Waals surface area contributed by atoms with Crippen molar-refractivity contribution in [1.29, 1.82) is 0 Å². The van der Waals surface area contributed by atoms with Crippen molar-refractivity contribution in [1.82, 2.24) is 0 Å². The first-order valence-corrected chi connectivity index (χ1v) is 4.92. The second-order valence-electron chi connectivity index (χ2n) is 3.94. The normalized spacial score (nSPS) is 15.3. The first-order chi connectivity index (χ1) is 6.47. The lowest BCUT2D eigenvalue weighted by Gasteiger charge is -2.17. The molecule has 0 amide bonds. The lowest BCUT2D eigenvalue weighted by atomic mass is 10.1. The Balaban J connectivity index is 3.82. The Bertz CT molecular complexity index is 171. The van der Waals surface area contributed by atoms with E-state index in [0.717, 1.165) is 0 Å². The summed E-state index contributed by atoms with van der Waals surface area (Å²) in [6, 6.07) is -0.519. The zero-order chi connectivity index (χ0) is 11.1. The van der Waals surface area contributed by atoms with Crippen molar-refractivity contribution < 1.29 is 14.3 Å². The van der Waals surface area contributed by atoms with Gasteiger partial charge >= 0.3 is 5.97 Å². The molecule has 4 heteroatoms. The molecule has 0 aliphatic rings. The third kappa shape index (κ3) is 5.94. The van der Waals surface area contributed by atoms with E-state index in [9.17, 15) is 4.79 Å². The Labute approximate surface area is 85.8 Å². The van der Waals surface area contributed by atoms with Crippen LogP contribution >= 0.6 is 0 Å². The molecule has 0 heterocycles. The van der Waals surface area contributed by atoms with E-state index in [1.165, 1.54) is 0 Å². The Morgan fingerprint density at radius 1 is 1.36 bits per heavy atom. The maximum atomic E-state index is 11.4. The first-order valence-electron chi connectivity index (χ1n) is 4.92. The van der Waals surface area contributed by atoms with Crippen molar-refractivity contribution in [2.24, 2.45) is 11.7 Å². The summed E-state index contributed by atoms with van der Waals surface area (Å²) in [5.74, 6) is 0.0542. The molecule has 0 aromatic heterocycles. The zero-order valence-electron chi connectivity index (χ0n) is 9.45. The molecule has 0 aromatic carbocycles. The van der Waals surface area contributed by atoms with Crippen LogP contribution in [0.4, 0.5) is 0 Å². The number of ether oxygens (including phenoxy) is 2. The molecule has 0 saturated carbocycles. The number of hydrogen-bond donors (Lipinski definition) is 1. The Hall–Kier alpha value is -0.610. The van der Waals surface area contributed by atoms with Crippen LogP contribution in [0.15, 0.2) is 0 Å². The summed E-state index contributed by atoms with van der Waals surface area (Å²) in [6.45, 7) is 6.22. The van der Waals surface area contributed by atoms with Crippen molar-refractivity contribution in [3.63, 3.8) is 0 Å². The molecule has 0 saturated heterocycles. The van der Waals surface area contributed by atoms with Crippen LogP contribution in [0.5, 0.6) is 0 Å². The van der Waals surface area contributed by atoms with Crippen LogP contribution in [0, 0.1) is 5.92 Å². The average Bonchev–Trinajstić information content (AvgIpc) is 2.02. The van der Waals surface area contributed by atoms with Crippen LogP contribution in [-0.2, 0) is 14.3 Å². The highest BCUT2D eigenvalue weighted by molar-refractivity contribution is 5.75. The minimum atomic E-state index is -0.519. The predicted octanol–water partition coefficient (Wildman–Crippen LogP) is 0.938. The molecule has 0 spiro atoms. The van der Waals surface area contributed by atoms with Gasteiger partial charge in [0.25, 0.3) is 0 Å². The second kappa shape index (κ2) is 6.79. The fraction of sp³-hybridized carbons (Fsp3) is 0.900. The number of carbonyl (C=O) groups is 1. The summed E-state index contributed by atoms with van der Waals surface area (Å²) in [5.41, 5.74) is 5.65. The van der Waals surface area contributed by atoms with Gasteiger partial charge in [0.1, 0.15) is 12.1 Å². The van der Waals surface area contributed by atoms with E-state index in [1.807, 2.05) is 13.8 Å². The Kier molecular flexibility index (Phi) is 6.49. The molecule has 2 atom stereocenters. The van der Waals surface area contributed by atoms with E-state index >= 15 is 0 Å². The highest BCUT2D eigenvalue weighted by atomic mass is 16.6. The quantitative estimate of drug-likeness (QED) is 0.652. The predicted molar refractivity (Wildman–Crippen MR) is 54.9 cm³/mol. The molecule has 2 N–H and O–H groups in total. The van der Waals surface area contributed by atoms with Gasteiger partial charge in [0.2, 0.25) is 0 Å². The summed E-state index contributed by atoms with van der Waals surface area (Å²) in [6.07, 6.45) is 0.421. The SMILES string of the molecule is COCC(C)OC(=O)[C@H](N)CC(C)C. The van der Waals surface area contributed by atoms with Gasteiger partial charge in [0.05, 0.1) is 6.61 Å².